The Kier molecular flexibility index (Phi) is 5.10. The second-order valence-electron chi connectivity index (χ2n) is 4.63. The molecule has 2 N–H and O–H groups in total. The van der Waals surface area contributed by atoms with Crippen LogP contribution in [-0.4, -0.2) is 37.2 Å². The molecule has 1 aromatic rings. The molecule has 4 nitrogen and oxygen atoms in total. The summed E-state index contributed by atoms with van der Waals surface area (Å²) < 4.78 is 5.33. The molecule has 0 spiro atoms. The van der Waals surface area contributed by atoms with Crippen LogP contribution in [0.5, 0.6) is 5.75 Å². The zero-order chi connectivity index (χ0) is 13.7. The zero-order valence-electron chi connectivity index (χ0n) is 11.4. The van der Waals surface area contributed by atoms with Crippen LogP contribution < -0.4 is 15.4 Å². The molecule has 0 aromatic heterocycles. The lowest BCUT2D eigenvalue weighted by atomic mass is 10.1. The van der Waals surface area contributed by atoms with Crippen LogP contribution in [0.3, 0.4) is 0 Å². The summed E-state index contributed by atoms with van der Waals surface area (Å²) in [5, 5.41) is 6.14. The summed E-state index contributed by atoms with van der Waals surface area (Å²) in [5.41, 5.74) is 2.34. The number of aryl methyl sites for hydroxylation is 1. The largest absolute Gasteiger partial charge is 0.496 e. The first-order valence-corrected chi connectivity index (χ1v) is 7.58. The van der Waals surface area contributed by atoms with Gasteiger partial charge >= 0.3 is 0 Å². The fourth-order valence-electron chi connectivity index (χ4n) is 2.11. The maximum Gasteiger partial charge on any atom is 0.238 e. The van der Waals surface area contributed by atoms with E-state index in [1.807, 2.05) is 12.1 Å². The maximum atomic E-state index is 11.8. The number of hydrogen-bond donors (Lipinski definition) is 2. The first-order valence-electron chi connectivity index (χ1n) is 6.43. The number of hydrogen-bond acceptors (Lipinski definition) is 4. The van der Waals surface area contributed by atoms with Crippen LogP contribution in [0, 0.1) is 6.92 Å². The summed E-state index contributed by atoms with van der Waals surface area (Å²) in [7, 11) is 1.67. The van der Waals surface area contributed by atoms with E-state index in [2.05, 4.69) is 23.6 Å². The van der Waals surface area contributed by atoms with E-state index in [9.17, 15) is 4.79 Å². The monoisotopic (exact) mass is 280 g/mol. The molecule has 19 heavy (non-hydrogen) atoms. The van der Waals surface area contributed by atoms with Crippen molar-refractivity contribution in [1.29, 1.82) is 0 Å². The number of ether oxygens (including phenoxy) is 1. The third-order valence-electron chi connectivity index (χ3n) is 3.16. The smallest absolute Gasteiger partial charge is 0.238 e. The standard InChI is InChI=1S/C14H20N2O2S/c1-10-3-4-13(18-2)11(7-10)5-6-15-14(17)12-8-19-9-16-12/h3-4,7,12,16H,5-6,8-9H2,1-2H3,(H,15,17). The van der Waals surface area contributed by atoms with E-state index in [1.165, 1.54) is 5.56 Å². The first-order chi connectivity index (χ1) is 9.20. The number of rotatable bonds is 5. The van der Waals surface area contributed by atoms with Crippen molar-refractivity contribution in [2.45, 2.75) is 19.4 Å². The topological polar surface area (TPSA) is 50.4 Å². The molecule has 1 atom stereocenters. The Morgan fingerprint density at radius 2 is 2.42 bits per heavy atom. The molecule has 1 heterocycles. The lowest BCUT2D eigenvalue weighted by Gasteiger charge is -2.12. The molecule has 0 bridgehead atoms. The number of thioether (sulfide) groups is 1. The first kappa shape index (κ1) is 14.2. The van der Waals surface area contributed by atoms with Crippen LogP contribution in [0.1, 0.15) is 11.1 Å². The Balaban J connectivity index is 1.84. The minimum Gasteiger partial charge on any atom is -0.496 e. The molecule has 1 aromatic carbocycles. The Bertz CT molecular complexity index is 445. The lowest BCUT2D eigenvalue weighted by Crippen LogP contribution is -2.42. The van der Waals surface area contributed by atoms with E-state index in [0.717, 1.165) is 29.4 Å². The summed E-state index contributed by atoms with van der Waals surface area (Å²) in [5.74, 6) is 2.70. The average molecular weight is 280 g/mol. The van der Waals surface area contributed by atoms with Gasteiger partial charge in [0.25, 0.3) is 0 Å². The van der Waals surface area contributed by atoms with Crippen LogP contribution in [0.2, 0.25) is 0 Å². The van der Waals surface area contributed by atoms with Crippen molar-refractivity contribution in [3.8, 4) is 5.75 Å². The third-order valence-corrected chi connectivity index (χ3v) is 4.10. The highest BCUT2D eigenvalue weighted by Crippen LogP contribution is 2.19. The highest BCUT2D eigenvalue weighted by Gasteiger charge is 2.21. The molecule has 0 aliphatic carbocycles. The number of methoxy groups -OCH3 is 1. The van der Waals surface area contributed by atoms with E-state index in [1.54, 1.807) is 18.9 Å². The second kappa shape index (κ2) is 6.82. The molecule has 1 aliphatic heterocycles. The maximum absolute atomic E-state index is 11.8. The second-order valence-corrected chi connectivity index (χ2v) is 5.66. The number of nitrogens with one attached hydrogen (secondary N) is 2. The zero-order valence-corrected chi connectivity index (χ0v) is 12.2. The Morgan fingerprint density at radius 3 is 3.11 bits per heavy atom. The van der Waals surface area contributed by atoms with Crippen LogP contribution in [0.15, 0.2) is 18.2 Å². The summed E-state index contributed by atoms with van der Waals surface area (Å²) in [6.07, 6.45) is 0.788. The number of amides is 1. The van der Waals surface area contributed by atoms with Gasteiger partial charge in [-0.15, -0.1) is 11.8 Å². The van der Waals surface area contributed by atoms with Gasteiger partial charge in [-0.2, -0.15) is 0 Å². The van der Waals surface area contributed by atoms with Gasteiger partial charge < -0.3 is 10.1 Å². The van der Waals surface area contributed by atoms with Gasteiger partial charge in [0.1, 0.15) is 5.75 Å². The molecular formula is C14H20N2O2S. The SMILES string of the molecule is COc1ccc(C)cc1CCNC(=O)C1CSCN1. The normalized spacial score (nSPS) is 18.3. The third kappa shape index (κ3) is 3.88. The molecule has 2 rings (SSSR count). The number of benzene rings is 1. The predicted molar refractivity (Wildman–Crippen MR) is 78.7 cm³/mol. The summed E-state index contributed by atoms with van der Waals surface area (Å²) in [4.78, 5) is 11.8. The van der Waals surface area contributed by atoms with Crippen molar-refractivity contribution >= 4 is 17.7 Å². The molecule has 104 valence electrons. The molecule has 5 heteroatoms. The highest BCUT2D eigenvalue weighted by molar-refractivity contribution is 7.99. The van der Waals surface area contributed by atoms with Crippen molar-refractivity contribution in [1.82, 2.24) is 10.6 Å². The van der Waals surface area contributed by atoms with Gasteiger partial charge in [0, 0.05) is 18.2 Å². The van der Waals surface area contributed by atoms with Crippen molar-refractivity contribution in [3.05, 3.63) is 29.3 Å². The molecule has 1 fully saturated rings. The molecular weight excluding hydrogens is 260 g/mol. The Labute approximate surface area is 118 Å². The molecule has 1 aliphatic rings. The fourth-order valence-corrected chi connectivity index (χ4v) is 3.05. The molecule has 1 amide bonds. The van der Waals surface area contributed by atoms with E-state index in [4.69, 9.17) is 4.74 Å². The summed E-state index contributed by atoms with van der Waals surface area (Å²) >= 11 is 1.76. The van der Waals surface area contributed by atoms with Crippen LogP contribution in [0.25, 0.3) is 0 Å². The van der Waals surface area contributed by atoms with Crippen LogP contribution >= 0.6 is 11.8 Å². The van der Waals surface area contributed by atoms with E-state index < -0.39 is 0 Å². The highest BCUT2D eigenvalue weighted by atomic mass is 32.2. The quantitative estimate of drug-likeness (QED) is 0.854. The van der Waals surface area contributed by atoms with Crippen molar-refractivity contribution in [2.75, 3.05) is 25.3 Å². The van der Waals surface area contributed by atoms with Crippen LogP contribution in [-0.2, 0) is 11.2 Å². The van der Waals surface area contributed by atoms with E-state index in [0.29, 0.717) is 6.54 Å². The summed E-state index contributed by atoms with van der Waals surface area (Å²) in [6.45, 7) is 2.70. The van der Waals surface area contributed by atoms with E-state index >= 15 is 0 Å². The minimum absolute atomic E-state index is 0.0376. The predicted octanol–water partition coefficient (Wildman–Crippen LogP) is 1.32. The van der Waals surface area contributed by atoms with Gasteiger partial charge in [-0.1, -0.05) is 17.7 Å². The van der Waals surface area contributed by atoms with Gasteiger partial charge in [0.05, 0.1) is 13.2 Å². The minimum atomic E-state index is -0.0376. The number of carbonyl (C=O) groups excluding carboxylic acids is 1. The van der Waals surface area contributed by atoms with Crippen LogP contribution in [0.4, 0.5) is 0 Å². The van der Waals surface area contributed by atoms with Gasteiger partial charge in [-0.25, -0.2) is 0 Å². The fraction of sp³-hybridized carbons (Fsp3) is 0.500. The Hall–Kier alpha value is -1.20. The molecule has 1 saturated heterocycles. The van der Waals surface area contributed by atoms with Gasteiger partial charge in [0.2, 0.25) is 5.91 Å². The molecule has 0 saturated carbocycles. The van der Waals surface area contributed by atoms with Crippen molar-refractivity contribution < 1.29 is 9.53 Å². The Morgan fingerprint density at radius 1 is 1.58 bits per heavy atom. The van der Waals surface area contributed by atoms with Gasteiger partial charge in [-0.3, -0.25) is 10.1 Å². The van der Waals surface area contributed by atoms with Crippen molar-refractivity contribution in [2.24, 2.45) is 0 Å². The van der Waals surface area contributed by atoms with Crippen molar-refractivity contribution in [3.63, 3.8) is 0 Å². The lowest BCUT2D eigenvalue weighted by molar-refractivity contribution is -0.122. The van der Waals surface area contributed by atoms with Gasteiger partial charge in [0.15, 0.2) is 0 Å². The molecule has 0 radical (unpaired) electrons. The average Bonchev–Trinajstić information content (AvgIpc) is 2.93. The molecule has 1 unspecified atom stereocenters. The number of carbonyl (C=O) groups is 1. The summed E-state index contributed by atoms with van der Waals surface area (Å²) in [6, 6.07) is 6.07. The van der Waals surface area contributed by atoms with Gasteiger partial charge in [-0.05, 0) is 25.0 Å². The van der Waals surface area contributed by atoms with E-state index in [-0.39, 0.29) is 11.9 Å².